The number of nitrogens with one attached hydrogen (secondary N) is 2. The molecule has 1 saturated heterocycles. The molecule has 174 valence electrons. The summed E-state index contributed by atoms with van der Waals surface area (Å²) in [5.74, 6) is -0.678. The molecule has 0 unspecified atom stereocenters. The lowest BCUT2D eigenvalue weighted by Crippen LogP contribution is -2.48. The van der Waals surface area contributed by atoms with Gasteiger partial charge in [0.1, 0.15) is 4.88 Å². The number of nitrogens with two attached hydrogens (primary N) is 1. The van der Waals surface area contributed by atoms with Crippen LogP contribution in [-0.4, -0.2) is 59.3 Å². The number of nitrogens with zero attached hydrogens (tertiary/aromatic N) is 2. The number of carbonyl (C=O) groups excluding carboxylic acids is 2. The van der Waals surface area contributed by atoms with Crippen LogP contribution in [0.1, 0.15) is 15.2 Å². The number of benzene rings is 2. The maximum atomic E-state index is 12.8. The van der Waals surface area contributed by atoms with Gasteiger partial charge in [-0.2, -0.15) is 0 Å². The Morgan fingerprint density at radius 2 is 1.68 bits per heavy atom. The number of rotatable bonds is 7. The maximum absolute atomic E-state index is 12.8. The Morgan fingerprint density at radius 1 is 0.971 bits per heavy atom. The zero-order valence-electron chi connectivity index (χ0n) is 18.8. The van der Waals surface area contributed by atoms with E-state index in [4.69, 9.17) is 5.73 Å². The lowest BCUT2D eigenvalue weighted by molar-refractivity contribution is -0.117. The Balaban J connectivity index is 1.22. The van der Waals surface area contributed by atoms with Crippen LogP contribution >= 0.6 is 11.3 Å². The second kappa shape index (κ2) is 9.80. The molecule has 0 bridgehead atoms. The Labute approximate surface area is 202 Å². The van der Waals surface area contributed by atoms with E-state index in [9.17, 15) is 9.59 Å². The van der Waals surface area contributed by atoms with Crippen LogP contribution in [0, 0.1) is 0 Å². The summed E-state index contributed by atoms with van der Waals surface area (Å²) in [7, 11) is 0. The van der Waals surface area contributed by atoms with Crippen molar-refractivity contribution in [3.63, 3.8) is 0 Å². The summed E-state index contributed by atoms with van der Waals surface area (Å²) in [5, 5.41) is 3.99. The molecule has 5 rings (SSSR count). The van der Waals surface area contributed by atoms with Crippen LogP contribution in [0.2, 0.25) is 0 Å². The number of fused-ring (bicyclic) bond motifs is 1. The SMILES string of the molecule is NC(=O)c1sc(-c2c[nH]c3ccccc23)cc1NC(=O)CN1CCN(Cc2ccccc2)CC1. The maximum Gasteiger partial charge on any atom is 0.260 e. The molecule has 1 aliphatic rings. The smallest absolute Gasteiger partial charge is 0.260 e. The second-order valence-electron chi connectivity index (χ2n) is 8.55. The summed E-state index contributed by atoms with van der Waals surface area (Å²) < 4.78 is 0. The fourth-order valence-electron chi connectivity index (χ4n) is 4.41. The van der Waals surface area contributed by atoms with Gasteiger partial charge in [-0.05, 0) is 17.7 Å². The molecule has 1 fully saturated rings. The van der Waals surface area contributed by atoms with Gasteiger partial charge in [-0.25, -0.2) is 0 Å². The van der Waals surface area contributed by atoms with E-state index in [1.165, 1.54) is 16.9 Å². The molecule has 1 aliphatic heterocycles. The largest absolute Gasteiger partial charge is 0.365 e. The molecule has 0 atom stereocenters. The third-order valence-electron chi connectivity index (χ3n) is 6.17. The van der Waals surface area contributed by atoms with Gasteiger partial charge in [0.05, 0.1) is 12.2 Å². The van der Waals surface area contributed by atoms with Gasteiger partial charge in [-0.3, -0.25) is 19.4 Å². The van der Waals surface area contributed by atoms with Gasteiger partial charge >= 0.3 is 0 Å². The zero-order valence-corrected chi connectivity index (χ0v) is 19.6. The quantitative estimate of drug-likeness (QED) is 0.381. The van der Waals surface area contributed by atoms with Crippen molar-refractivity contribution in [1.82, 2.24) is 14.8 Å². The Bertz CT molecular complexity index is 1310. The highest BCUT2D eigenvalue weighted by molar-refractivity contribution is 7.18. The molecular weight excluding hydrogens is 446 g/mol. The van der Waals surface area contributed by atoms with E-state index < -0.39 is 5.91 Å². The second-order valence-corrected chi connectivity index (χ2v) is 9.60. The number of aromatic nitrogens is 1. The van der Waals surface area contributed by atoms with Crippen molar-refractivity contribution < 1.29 is 9.59 Å². The summed E-state index contributed by atoms with van der Waals surface area (Å²) in [4.78, 5) is 33.9. The average molecular weight is 474 g/mol. The van der Waals surface area contributed by atoms with Crippen molar-refractivity contribution in [1.29, 1.82) is 0 Å². The standard InChI is InChI=1S/C26H27N5O2S/c27-26(33)25-22(14-23(34-25)20-15-28-21-9-5-4-8-19(20)21)29-24(32)17-31-12-10-30(11-13-31)16-18-6-2-1-3-7-18/h1-9,14-15,28H,10-13,16-17H2,(H2,27,33)(H,29,32). The highest BCUT2D eigenvalue weighted by atomic mass is 32.1. The molecule has 4 N–H and O–H groups in total. The number of hydrogen-bond acceptors (Lipinski definition) is 5. The molecule has 0 aliphatic carbocycles. The van der Waals surface area contributed by atoms with E-state index in [0.29, 0.717) is 10.6 Å². The van der Waals surface area contributed by atoms with Gasteiger partial charge in [0.2, 0.25) is 5.91 Å². The third kappa shape index (κ3) is 4.89. The van der Waals surface area contributed by atoms with E-state index in [-0.39, 0.29) is 12.5 Å². The van der Waals surface area contributed by atoms with Gasteiger partial charge in [-0.1, -0.05) is 48.5 Å². The highest BCUT2D eigenvalue weighted by Crippen LogP contribution is 2.38. The summed E-state index contributed by atoms with van der Waals surface area (Å²) in [5.41, 5.74) is 9.41. The minimum Gasteiger partial charge on any atom is -0.365 e. The molecule has 3 heterocycles. The van der Waals surface area contributed by atoms with Crippen molar-refractivity contribution in [2.24, 2.45) is 5.73 Å². The molecule has 8 heteroatoms. The normalized spacial score (nSPS) is 14.9. The van der Waals surface area contributed by atoms with E-state index in [1.54, 1.807) is 0 Å². The number of primary amides is 1. The average Bonchev–Trinajstić information content (AvgIpc) is 3.45. The van der Waals surface area contributed by atoms with Crippen LogP contribution in [0.3, 0.4) is 0 Å². The van der Waals surface area contributed by atoms with Gasteiger partial charge in [-0.15, -0.1) is 11.3 Å². The molecule has 34 heavy (non-hydrogen) atoms. The molecular formula is C26H27N5O2S. The first-order chi connectivity index (χ1) is 16.6. The van der Waals surface area contributed by atoms with Crippen molar-refractivity contribution in [2.45, 2.75) is 6.54 Å². The number of para-hydroxylation sites is 1. The molecule has 2 aromatic carbocycles. The lowest BCUT2D eigenvalue weighted by atomic mass is 10.1. The third-order valence-corrected chi connectivity index (χ3v) is 7.35. The molecule has 7 nitrogen and oxygen atoms in total. The molecule has 2 aromatic heterocycles. The van der Waals surface area contributed by atoms with Crippen LogP contribution < -0.4 is 11.1 Å². The molecule has 4 aromatic rings. The number of amides is 2. The van der Waals surface area contributed by atoms with Crippen LogP contribution in [-0.2, 0) is 11.3 Å². The predicted molar refractivity (Wildman–Crippen MR) is 137 cm³/mol. The first kappa shape index (κ1) is 22.3. The van der Waals surface area contributed by atoms with Crippen molar-refractivity contribution in [3.8, 4) is 10.4 Å². The number of hydrogen-bond donors (Lipinski definition) is 3. The minimum absolute atomic E-state index is 0.137. The number of aromatic amines is 1. The van der Waals surface area contributed by atoms with Crippen molar-refractivity contribution in [2.75, 3.05) is 38.0 Å². The summed E-state index contributed by atoms with van der Waals surface area (Å²) in [6.07, 6.45) is 1.92. The molecule has 0 spiro atoms. The fourth-order valence-corrected chi connectivity index (χ4v) is 5.41. The zero-order chi connectivity index (χ0) is 23.5. The van der Waals surface area contributed by atoms with Gasteiger partial charge in [0.25, 0.3) is 5.91 Å². The first-order valence-electron chi connectivity index (χ1n) is 11.4. The lowest BCUT2D eigenvalue weighted by Gasteiger charge is -2.34. The fraction of sp³-hybridized carbons (Fsp3) is 0.231. The van der Waals surface area contributed by atoms with Crippen LogP contribution in [0.15, 0.2) is 66.9 Å². The molecule has 0 radical (unpaired) electrons. The highest BCUT2D eigenvalue weighted by Gasteiger charge is 2.22. The topological polar surface area (TPSA) is 94.5 Å². The predicted octanol–water partition coefficient (Wildman–Crippen LogP) is 3.75. The number of anilines is 1. The van der Waals surface area contributed by atoms with Crippen LogP contribution in [0.4, 0.5) is 5.69 Å². The Morgan fingerprint density at radius 3 is 2.44 bits per heavy atom. The van der Waals surface area contributed by atoms with Gasteiger partial charge < -0.3 is 16.0 Å². The van der Waals surface area contributed by atoms with E-state index >= 15 is 0 Å². The Hall–Kier alpha value is -3.46. The van der Waals surface area contributed by atoms with E-state index in [0.717, 1.165) is 54.1 Å². The van der Waals surface area contributed by atoms with Crippen LogP contribution in [0.25, 0.3) is 21.3 Å². The van der Waals surface area contributed by atoms with E-state index in [2.05, 4.69) is 44.4 Å². The number of piperazine rings is 1. The molecule has 2 amide bonds. The van der Waals surface area contributed by atoms with Crippen molar-refractivity contribution >= 4 is 39.7 Å². The number of thiophene rings is 1. The monoisotopic (exact) mass is 473 g/mol. The summed E-state index contributed by atoms with van der Waals surface area (Å²) >= 11 is 1.30. The number of carbonyl (C=O) groups is 2. The summed E-state index contributed by atoms with van der Waals surface area (Å²) in [6.45, 7) is 4.69. The Kier molecular flexibility index (Phi) is 6.44. The van der Waals surface area contributed by atoms with E-state index in [1.807, 2.05) is 42.6 Å². The molecule has 0 saturated carbocycles. The minimum atomic E-state index is -0.541. The van der Waals surface area contributed by atoms with Crippen molar-refractivity contribution in [3.05, 3.63) is 77.3 Å². The van der Waals surface area contributed by atoms with Gasteiger partial charge in [0, 0.05) is 60.3 Å². The van der Waals surface area contributed by atoms with Crippen LogP contribution in [0.5, 0.6) is 0 Å². The number of H-pyrrole nitrogens is 1. The summed E-state index contributed by atoms with van der Waals surface area (Å²) in [6, 6.07) is 20.3. The first-order valence-corrected chi connectivity index (χ1v) is 12.2. The van der Waals surface area contributed by atoms with Gasteiger partial charge in [0.15, 0.2) is 0 Å².